The van der Waals surface area contributed by atoms with Gasteiger partial charge in [-0.25, -0.2) is 8.42 Å². The van der Waals surface area contributed by atoms with E-state index in [1.807, 2.05) is 13.0 Å². The molecule has 0 saturated heterocycles. The lowest BCUT2D eigenvalue weighted by Gasteiger charge is -2.20. The maximum atomic E-state index is 13.1. The summed E-state index contributed by atoms with van der Waals surface area (Å²) in [4.78, 5) is 14.0. The van der Waals surface area contributed by atoms with Gasteiger partial charge in [-0.05, 0) is 47.9 Å². The number of benzene rings is 2. The number of fused-ring (bicyclic) bond motifs is 1. The first-order valence-corrected chi connectivity index (χ1v) is 10.9. The number of anilines is 1. The van der Waals surface area contributed by atoms with E-state index in [1.165, 1.54) is 4.31 Å². The van der Waals surface area contributed by atoms with Crippen LogP contribution in [-0.4, -0.2) is 46.4 Å². The Bertz CT molecular complexity index is 1020. The molecule has 3 rings (SSSR count). The standard InChI is InChI=1S/C21H26N2O5S/c1-5-21(24)23-11-10-16-13-17(7-8-18(16)23)29(25,26)22(2)14-15-6-9-19(27-3)20(12-15)28-4/h6-9,12-13H,5,10-11,14H2,1-4H3. The SMILES string of the molecule is CCC(=O)N1CCc2cc(S(=O)(=O)N(C)Cc3ccc(OC)c(OC)c3)ccc21. The molecule has 0 bridgehead atoms. The zero-order valence-electron chi connectivity index (χ0n) is 17.1. The molecule has 0 fully saturated rings. The molecule has 0 spiro atoms. The van der Waals surface area contributed by atoms with Crippen LogP contribution in [0.15, 0.2) is 41.3 Å². The first-order valence-electron chi connectivity index (χ1n) is 9.42. The van der Waals surface area contributed by atoms with Crippen LogP contribution in [0.5, 0.6) is 11.5 Å². The molecule has 29 heavy (non-hydrogen) atoms. The molecular weight excluding hydrogens is 392 g/mol. The quantitative estimate of drug-likeness (QED) is 0.691. The van der Waals surface area contributed by atoms with Crippen LogP contribution in [-0.2, 0) is 27.8 Å². The molecule has 8 heteroatoms. The van der Waals surface area contributed by atoms with E-state index in [0.29, 0.717) is 30.9 Å². The topological polar surface area (TPSA) is 76.2 Å². The number of amides is 1. The second-order valence-electron chi connectivity index (χ2n) is 6.89. The van der Waals surface area contributed by atoms with Gasteiger partial charge in [0.15, 0.2) is 11.5 Å². The van der Waals surface area contributed by atoms with E-state index >= 15 is 0 Å². The van der Waals surface area contributed by atoms with Crippen LogP contribution in [0, 0.1) is 0 Å². The predicted molar refractivity (Wildman–Crippen MR) is 111 cm³/mol. The number of hydrogen-bond acceptors (Lipinski definition) is 5. The molecule has 2 aromatic rings. The van der Waals surface area contributed by atoms with Gasteiger partial charge >= 0.3 is 0 Å². The lowest BCUT2D eigenvalue weighted by Crippen LogP contribution is -2.28. The third-order valence-corrected chi connectivity index (χ3v) is 6.91. The highest BCUT2D eigenvalue weighted by Crippen LogP contribution is 2.32. The van der Waals surface area contributed by atoms with Crippen LogP contribution < -0.4 is 14.4 Å². The van der Waals surface area contributed by atoms with Gasteiger partial charge in [-0.15, -0.1) is 0 Å². The molecule has 1 heterocycles. The van der Waals surface area contributed by atoms with Crippen molar-refractivity contribution in [3.63, 3.8) is 0 Å². The maximum absolute atomic E-state index is 13.1. The fourth-order valence-electron chi connectivity index (χ4n) is 3.49. The van der Waals surface area contributed by atoms with Crippen LogP contribution in [0.25, 0.3) is 0 Å². The van der Waals surface area contributed by atoms with Crippen molar-refractivity contribution in [3.8, 4) is 11.5 Å². The van der Waals surface area contributed by atoms with Gasteiger partial charge in [-0.2, -0.15) is 4.31 Å². The molecule has 0 atom stereocenters. The summed E-state index contributed by atoms with van der Waals surface area (Å²) in [5, 5.41) is 0. The summed E-state index contributed by atoms with van der Waals surface area (Å²) in [5.74, 6) is 1.19. The van der Waals surface area contributed by atoms with Crippen molar-refractivity contribution < 1.29 is 22.7 Å². The number of hydrogen-bond donors (Lipinski definition) is 0. The molecule has 1 aliphatic rings. The Labute approximate surface area is 171 Å². The molecule has 1 aliphatic heterocycles. The molecular formula is C21H26N2O5S. The predicted octanol–water partition coefficient (Wildman–Crippen LogP) is 2.82. The number of carbonyl (C=O) groups excluding carboxylic acids is 1. The number of nitrogens with zero attached hydrogens (tertiary/aromatic N) is 2. The maximum Gasteiger partial charge on any atom is 0.243 e. The average molecular weight is 419 g/mol. The number of carbonyl (C=O) groups is 1. The minimum Gasteiger partial charge on any atom is -0.493 e. The van der Waals surface area contributed by atoms with Gasteiger partial charge in [-0.3, -0.25) is 4.79 Å². The molecule has 0 unspecified atom stereocenters. The van der Waals surface area contributed by atoms with Crippen molar-refractivity contribution in [2.45, 2.75) is 31.2 Å². The highest BCUT2D eigenvalue weighted by molar-refractivity contribution is 7.89. The molecule has 0 saturated carbocycles. The van der Waals surface area contributed by atoms with E-state index < -0.39 is 10.0 Å². The summed E-state index contributed by atoms with van der Waals surface area (Å²) in [5.41, 5.74) is 2.47. The fourth-order valence-corrected chi connectivity index (χ4v) is 4.70. The average Bonchev–Trinajstić information content (AvgIpc) is 3.16. The number of rotatable bonds is 7. The second kappa shape index (κ2) is 8.42. The Balaban J connectivity index is 1.83. The lowest BCUT2D eigenvalue weighted by atomic mass is 10.2. The minimum absolute atomic E-state index is 0.0462. The van der Waals surface area contributed by atoms with E-state index in [1.54, 1.807) is 56.5 Å². The van der Waals surface area contributed by atoms with Crippen molar-refractivity contribution in [2.75, 3.05) is 32.7 Å². The molecule has 0 aromatic heterocycles. The smallest absolute Gasteiger partial charge is 0.243 e. The van der Waals surface area contributed by atoms with Gasteiger partial charge in [0.1, 0.15) is 0 Å². The number of sulfonamides is 1. The molecule has 0 N–H and O–H groups in total. The van der Waals surface area contributed by atoms with Gasteiger partial charge in [0.05, 0.1) is 19.1 Å². The van der Waals surface area contributed by atoms with Gasteiger partial charge in [0, 0.05) is 32.2 Å². The van der Waals surface area contributed by atoms with Crippen LogP contribution in [0.4, 0.5) is 5.69 Å². The van der Waals surface area contributed by atoms with Crippen molar-refractivity contribution in [1.29, 1.82) is 0 Å². The third-order valence-electron chi connectivity index (χ3n) is 5.11. The van der Waals surface area contributed by atoms with Gasteiger partial charge in [0.25, 0.3) is 0 Å². The van der Waals surface area contributed by atoms with Crippen molar-refractivity contribution in [2.24, 2.45) is 0 Å². The number of methoxy groups -OCH3 is 2. The van der Waals surface area contributed by atoms with Gasteiger partial charge < -0.3 is 14.4 Å². The largest absolute Gasteiger partial charge is 0.493 e. The summed E-state index contributed by atoms with van der Waals surface area (Å²) in [7, 11) is 0.962. The molecule has 2 aromatic carbocycles. The van der Waals surface area contributed by atoms with Crippen molar-refractivity contribution in [1.82, 2.24) is 4.31 Å². The monoisotopic (exact) mass is 418 g/mol. The summed E-state index contributed by atoms with van der Waals surface area (Å²) >= 11 is 0. The van der Waals surface area contributed by atoms with Crippen LogP contribution in [0.1, 0.15) is 24.5 Å². The van der Waals surface area contributed by atoms with Gasteiger partial charge in [-0.1, -0.05) is 13.0 Å². The first-order chi connectivity index (χ1) is 13.8. The third kappa shape index (κ3) is 4.09. The first kappa shape index (κ1) is 21.1. The fraction of sp³-hybridized carbons (Fsp3) is 0.381. The molecule has 156 valence electrons. The highest BCUT2D eigenvalue weighted by Gasteiger charge is 2.27. The van der Waals surface area contributed by atoms with Crippen LogP contribution >= 0.6 is 0 Å². The summed E-state index contributed by atoms with van der Waals surface area (Å²) in [6, 6.07) is 10.3. The zero-order valence-corrected chi connectivity index (χ0v) is 18.0. The van der Waals surface area contributed by atoms with Crippen LogP contribution in [0.3, 0.4) is 0 Å². The Kier molecular flexibility index (Phi) is 6.14. The number of ether oxygens (including phenoxy) is 2. The van der Waals surface area contributed by atoms with Crippen LogP contribution in [0.2, 0.25) is 0 Å². The molecule has 0 radical (unpaired) electrons. The summed E-state index contributed by atoms with van der Waals surface area (Å²) in [6.45, 7) is 2.61. The van der Waals surface area contributed by atoms with Crippen molar-refractivity contribution >= 4 is 21.6 Å². The zero-order chi connectivity index (χ0) is 21.2. The molecule has 7 nitrogen and oxygen atoms in total. The molecule has 1 amide bonds. The highest BCUT2D eigenvalue weighted by atomic mass is 32.2. The Morgan fingerprint density at radius 2 is 1.83 bits per heavy atom. The summed E-state index contributed by atoms with van der Waals surface area (Å²) in [6.07, 6.45) is 1.08. The van der Waals surface area contributed by atoms with E-state index in [-0.39, 0.29) is 17.3 Å². The van der Waals surface area contributed by atoms with Crippen molar-refractivity contribution in [3.05, 3.63) is 47.5 Å². The summed E-state index contributed by atoms with van der Waals surface area (Å²) < 4.78 is 38.0. The second-order valence-corrected chi connectivity index (χ2v) is 8.93. The normalized spacial score (nSPS) is 13.5. The Morgan fingerprint density at radius 1 is 1.10 bits per heavy atom. The minimum atomic E-state index is -3.68. The van der Waals surface area contributed by atoms with Gasteiger partial charge in [0.2, 0.25) is 15.9 Å². The Morgan fingerprint density at radius 3 is 2.48 bits per heavy atom. The van der Waals surface area contributed by atoms with E-state index in [0.717, 1.165) is 16.8 Å². The Hall–Kier alpha value is -2.58. The van der Waals surface area contributed by atoms with E-state index in [9.17, 15) is 13.2 Å². The molecule has 0 aliphatic carbocycles. The lowest BCUT2D eigenvalue weighted by molar-refractivity contribution is -0.118. The van der Waals surface area contributed by atoms with E-state index in [4.69, 9.17) is 9.47 Å². The van der Waals surface area contributed by atoms with E-state index in [2.05, 4.69) is 0 Å².